The van der Waals surface area contributed by atoms with Crippen molar-refractivity contribution in [2.24, 2.45) is 11.8 Å². The third-order valence-corrected chi connectivity index (χ3v) is 5.82. The van der Waals surface area contributed by atoms with E-state index in [1.807, 2.05) is 18.7 Å². The summed E-state index contributed by atoms with van der Waals surface area (Å²) in [7, 11) is 0. The molecular formula is C16H26N2O3. The lowest BCUT2D eigenvalue weighted by atomic mass is 9.79. The van der Waals surface area contributed by atoms with Crippen LogP contribution in [0.25, 0.3) is 0 Å². The van der Waals surface area contributed by atoms with E-state index in [2.05, 4.69) is 4.90 Å². The Balaban J connectivity index is 1.82. The van der Waals surface area contributed by atoms with Gasteiger partial charge in [0, 0.05) is 31.1 Å². The molecule has 0 spiro atoms. The minimum atomic E-state index is -0.758. The summed E-state index contributed by atoms with van der Waals surface area (Å²) in [5.41, 5.74) is 0. The topological polar surface area (TPSA) is 60.9 Å². The van der Waals surface area contributed by atoms with Gasteiger partial charge in [-0.25, -0.2) is 0 Å². The summed E-state index contributed by atoms with van der Waals surface area (Å²) in [6, 6.07) is 0.487. The zero-order valence-electron chi connectivity index (χ0n) is 13.0. The number of carboxylic acids is 1. The molecule has 0 aromatic rings. The zero-order chi connectivity index (χ0) is 15.1. The molecule has 0 bridgehead atoms. The highest BCUT2D eigenvalue weighted by molar-refractivity contribution is 5.82. The molecule has 3 fully saturated rings. The van der Waals surface area contributed by atoms with E-state index in [-0.39, 0.29) is 23.9 Å². The molecule has 0 aromatic carbocycles. The van der Waals surface area contributed by atoms with Gasteiger partial charge in [-0.05, 0) is 38.6 Å². The summed E-state index contributed by atoms with van der Waals surface area (Å²) in [5, 5.41) is 9.51. The first-order chi connectivity index (χ1) is 10.0. The molecule has 3 rings (SSSR count). The smallest absolute Gasteiger partial charge is 0.308 e. The van der Waals surface area contributed by atoms with Gasteiger partial charge in [0.25, 0.3) is 0 Å². The molecule has 3 aliphatic rings. The lowest BCUT2D eigenvalue weighted by Gasteiger charge is -2.46. The minimum Gasteiger partial charge on any atom is -0.481 e. The Labute approximate surface area is 126 Å². The Morgan fingerprint density at radius 2 is 1.90 bits per heavy atom. The van der Waals surface area contributed by atoms with Crippen molar-refractivity contribution in [1.82, 2.24) is 9.80 Å². The number of carbonyl (C=O) groups excluding carboxylic acids is 1. The van der Waals surface area contributed by atoms with Gasteiger partial charge >= 0.3 is 5.97 Å². The molecule has 0 aliphatic carbocycles. The average Bonchev–Trinajstić information content (AvgIpc) is 2.82. The van der Waals surface area contributed by atoms with Gasteiger partial charge in [0.05, 0.1) is 5.92 Å². The van der Waals surface area contributed by atoms with Crippen LogP contribution in [-0.4, -0.2) is 58.0 Å². The SMILES string of the molecule is CC1CC(=O)N(C2CCN3CCCCC23)C(C)C1C(=O)O. The largest absolute Gasteiger partial charge is 0.481 e. The summed E-state index contributed by atoms with van der Waals surface area (Å²) in [6.07, 6.45) is 5.01. The first-order valence-corrected chi connectivity index (χ1v) is 8.28. The maximum Gasteiger partial charge on any atom is 0.308 e. The fourth-order valence-electron chi connectivity index (χ4n) is 4.87. The van der Waals surface area contributed by atoms with E-state index in [1.165, 1.54) is 12.8 Å². The molecule has 3 saturated heterocycles. The second-order valence-corrected chi connectivity index (χ2v) is 7.04. The fourth-order valence-corrected chi connectivity index (χ4v) is 4.87. The molecular weight excluding hydrogens is 268 g/mol. The number of hydrogen-bond donors (Lipinski definition) is 1. The van der Waals surface area contributed by atoms with Crippen LogP contribution in [0, 0.1) is 11.8 Å². The average molecular weight is 294 g/mol. The molecule has 5 atom stereocenters. The third-order valence-electron chi connectivity index (χ3n) is 5.82. The van der Waals surface area contributed by atoms with Crippen LogP contribution in [0.2, 0.25) is 0 Å². The molecule has 0 radical (unpaired) electrons. The van der Waals surface area contributed by atoms with Gasteiger partial charge in [0.1, 0.15) is 0 Å². The fraction of sp³-hybridized carbons (Fsp3) is 0.875. The Morgan fingerprint density at radius 1 is 1.14 bits per heavy atom. The summed E-state index contributed by atoms with van der Waals surface area (Å²) >= 11 is 0. The van der Waals surface area contributed by atoms with Gasteiger partial charge in [-0.15, -0.1) is 0 Å². The van der Waals surface area contributed by atoms with Crippen LogP contribution in [0.4, 0.5) is 0 Å². The number of rotatable bonds is 2. The number of nitrogens with zero attached hydrogens (tertiary/aromatic N) is 2. The van der Waals surface area contributed by atoms with Crippen LogP contribution in [0.5, 0.6) is 0 Å². The van der Waals surface area contributed by atoms with Crippen molar-refractivity contribution in [1.29, 1.82) is 0 Å². The van der Waals surface area contributed by atoms with E-state index in [9.17, 15) is 14.7 Å². The molecule has 0 saturated carbocycles. The van der Waals surface area contributed by atoms with Gasteiger partial charge in [-0.1, -0.05) is 13.3 Å². The number of fused-ring (bicyclic) bond motifs is 1. The third kappa shape index (κ3) is 2.45. The van der Waals surface area contributed by atoms with Crippen LogP contribution in [-0.2, 0) is 9.59 Å². The van der Waals surface area contributed by atoms with Crippen LogP contribution in [0.3, 0.4) is 0 Å². The lowest BCUT2D eigenvalue weighted by molar-refractivity contribution is -0.157. The predicted octanol–water partition coefficient (Wildman–Crippen LogP) is 1.57. The monoisotopic (exact) mass is 294 g/mol. The molecule has 3 aliphatic heterocycles. The number of amides is 1. The van der Waals surface area contributed by atoms with Crippen LogP contribution < -0.4 is 0 Å². The maximum atomic E-state index is 12.6. The number of hydrogen-bond acceptors (Lipinski definition) is 3. The molecule has 5 unspecified atom stereocenters. The molecule has 5 heteroatoms. The second kappa shape index (κ2) is 5.59. The number of carbonyl (C=O) groups is 2. The molecule has 118 valence electrons. The van der Waals surface area contributed by atoms with E-state index in [4.69, 9.17) is 0 Å². The van der Waals surface area contributed by atoms with Crippen molar-refractivity contribution in [3.05, 3.63) is 0 Å². The van der Waals surface area contributed by atoms with Crippen LogP contribution in [0.1, 0.15) is 46.0 Å². The Kier molecular flexibility index (Phi) is 3.95. The van der Waals surface area contributed by atoms with Gasteiger partial charge < -0.3 is 10.0 Å². The first-order valence-electron chi connectivity index (χ1n) is 8.28. The summed E-state index contributed by atoms with van der Waals surface area (Å²) in [5.74, 6) is -1.10. The Morgan fingerprint density at radius 3 is 2.62 bits per heavy atom. The minimum absolute atomic E-state index is 0.0647. The molecule has 21 heavy (non-hydrogen) atoms. The Hall–Kier alpha value is -1.10. The van der Waals surface area contributed by atoms with E-state index >= 15 is 0 Å². The maximum absolute atomic E-state index is 12.6. The van der Waals surface area contributed by atoms with Crippen molar-refractivity contribution in [2.75, 3.05) is 13.1 Å². The van der Waals surface area contributed by atoms with Gasteiger partial charge in [-0.3, -0.25) is 14.5 Å². The van der Waals surface area contributed by atoms with E-state index in [0.717, 1.165) is 25.9 Å². The highest BCUT2D eigenvalue weighted by atomic mass is 16.4. The summed E-state index contributed by atoms with van der Waals surface area (Å²) in [4.78, 5) is 28.6. The number of piperidine rings is 2. The lowest BCUT2D eigenvalue weighted by Crippen LogP contribution is -2.59. The molecule has 3 heterocycles. The molecule has 1 N–H and O–H groups in total. The van der Waals surface area contributed by atoms with Gasteiger partial charge in [0.15, 0.2) is 0 Å². The molecule has 0 aromatic heterocycles. The van der Waals surface area contributed by atoms with E-state index in [0.29, 0.717) is 12.5 Å². The normalized spacial score (nSPS) is 41.1. The van der Waals surface area contributed by atoms with Gasteiger partial charge in [-0.2, -0.15) is 0 Å². The van der Waals surface area contributed by atoms with Crippen LogP contribution in [0.15, 0.2) is 0 Å². The van der Waals surface area contributed by atoms with E-state index < -0.39 is 11.9 Å². The predicted molar refractivity (Wildman–Crippen MR) is 78.8 cm³/mol. The van der Waals surface area contributed by atoms with E-state index in [1.54, 1.807) is 0 Å². The zero-order valence-corrected chi connectivity index (χ0v) is 13.0. The highest BCUT2D eigenvalue weighted by Crippen LogP contribution is 2.37. The number of likely N-dealkylation sites (tertiary alicyclic amines) is 1. The van der Waals surface area contributed by atoms with Crippen LogP contribution >= 0.6 is 0 Å². The molecule has 5 nitrogen and oxygen atoms in total. The Bertz CT molecular complexity index is 439. The van der Waals surface area contributed by atoms with Crippen molar-refractivity contribution in [2.45, 2.75) is 64.1 Å². The number of carboxylic acid groups (broad SMARTS) is 1. The highest BCUT2D eigenvalue weighted by Gasteiger charge is 2.48. The quantitative estimate of drug-likeness (QED) is 0.840. The van der Waals surface area contributed by atoms with Crippen molar-refractivity contribution in [3.63, 3.8) is 0 Å². The second-order valence-electron chi connectivity index (χ2n) is 7.04. The summed E-state index contributed by atoms with van der Waals surface area (Å²) in [6.45, 7) is 6.01. The molecule has 1 amide bonds. The van der Waals surface area contributed by atoms with Crippen molar-refractivity contribution in [3.8, 4) is 0 Å². The van der Waals surface area contributed by atoms with Crippen molar-refractivity contribution < 1.29 is 14.7 Å². The standard InChI is InChI=1S/C16H26N2O3/c1-10-9-14(19)18(11(2)15(10)16(20)21)13-6-8-17-7-4-3-5-12(13)17/h10-13,15H,3-9H2,1-2H3,(H,20,21). The number of aliphatic carboxylic acids is 1. The van der Waals surface area contributed by atoms with Crippen molar-refractivity contribution >= 4 is 11.9 Å². The first kappa shape index (κ1) is 14.8. The van der Waals surface area contributed by atoms with Gasteiger partial charge in [0.2, 0.25) is 5.91 Å². The summed E-state index contributed by atoms with van der Waals surface area (Å²) < 4.78 is 0.